The first-order valence-electron chi connectivity index (χ1n) is 11.4. The fraction of sp³-hybridized carbons (Fsp3) is 0.296. The number of methoxy groups -OCH3 is 1. The SMILES string of the molecule is C=CCOc1ccc(C(O)=C2C(=O)C(=O)N(CCOC)C23C(=O)N(CC)c2ccccc23)cc1C. The number of hydrogen-bond acceptors (Lipinski definition) is 6. The van der Waals surface area contributed by atoms with Crippen molar-refractivity contribution in [1.29, 1.82) is 0 Å². The minimum Gasteiger partial charge on any atom is -0.507 e. The summed E-state index contributed by atoms with van der Waals surface area (Å²) >= 11 is 0. The van der Waals surface area contributed by atoms with E-state index in [9.17, 15) is 19.5 Å². The van der Waals surface area contributed by atoms with Crippen LogP contribution in [0.3, 0.4) is 0 Å². The second-order valence-corrected chi connectivity index (χ2v) is 8.36. The molecule has 2 aromatic carbocycles. The van der Waals surface area contributed by atoms with E-state index < -0.39 is 28.9 Å². The Hall–Kier alpha value is -3.91. The van der Waals surface area contributed by atoms with Crippen LogP contribution in [0.2, 0.25) is 0 Å². The molecule has 0 radical (unpaired) electrons. The molecule has 35 heavy (non-hydrogen) atoms. The van der Waals surface area contributed by atoms with Gasteiger partial charge in [-0.2, -0.15) is 0 Å². The summed E-state index contributed by atoms with van der Waals surface area (Å²) in [6.07, 6.45) is 1.62. The second kappa shape index (κ2) is 9.38. The number of benzene rings is 2. The number of carbonyl (C=O) groups excluding carboxylic acids is 3. The van der Waals surface area contributed by atoms with Gasteiger partial charge in [0.05, 0.1) is 17.9 Å². The summed E-state index contributed by atoms with van der Waals surface area (Å²) in [5.74, 6) is -2.05. The number of carbonyl (C=O) groups is 3. The Bertz CT molecular complexity index is 1250. The summed E-state index contributed by atoms with van der Waals surface area (Å²) in [4.78, 5) is 43.5. The van der Waals surface area contributed by atoms with Crippen LogP contribution >= 0.6 is 0 Å². The molecule has 1 fully saturated rings. The lowest BCUT2D eigenvalue weighted by molar-refractivity contribution is -0.144. The molecule has 1 N–H and O–H groups in total. The Labute approximate surface area is 204 Å². The number of ether oxygens (including phenoxy) is 2. The number of amides is 2. The fourth-order valence-electron chi connectivity index (χ4n) is 4.91. The lowest BCUT2D eigenvalue weighted by Gasteiger charge is -2.34. The zero-order valence-electron chi connectivity index (χ0n) is 20.0. The molecule has 2 aliphatic heterocycles. The molecule has 0 saturated carbocycles. The molecular formula is C27H28N2O6. The third-order valence-electron chi connectivity index (χ3n) is 6.45. The second-order valence-electron chi connectivity index (χ2n) is 8.36. The van der Waals surface area contributed by atoms with Crippen molar-refractivity contribution in [3.05, 3.63) is 77.4 Å². The number of para-hydroxylation sites is 1. The number of Topliss-reactive ketones (excluding diaryl/α,β-unsaturated/α-hetero) is 1. The van der Waals surface area contributed by atoms with E-state index in [0.717, 1.165) is 0 Å². The van der Waals surface area contributed by atoms with Crippen molar-refractivity contribution < 1.29 is 29.0 Å². The number of rotatable bonds is 8. The Kier molecular flexibility index (Phi) is 6.49. The van der Waals surface area contributed by atoms with Gasteiger partial charge < -0.3 is 24.4 Å². The molecule has 2 aliphatic rings. The molecule has 4 rings (SSSR count). The average Bonchev–Trinajstić information content (AvgIpc) is 3.24. The summed E-state index contributed by atoms with van der Waals surface area (Å²) in [6, 6.07) is 12.0. The number of aliphatic hydroxyl groups excluding tert-OH is 1. The van der Waals surface area contributed by atoms with Crippen molar-refractivity contribution in [2.24, 2.45) is 0 Å². The molecule has 0 bridgehead atoms. The molecule has 1 spiro atoms. The molecule has 1 saturated heterocycles. The number of aliphatic hydroxyl groups is 1. The molecule has 2 aromatic rings. The van der Waals surface area contributed by atoms with Gasteiger partial charge in [0.15, 0.2) is 5.54 Å². The highest BCUT2D eigenvalue weighted by molar-refractivity contribution is 6.50. The molecule has 182 valence electrons. The molecule has 8 nitrogen and oxygen atoms in total. The van der Waals surface area contributed by atoms with Crippen LogP contribution in [-0.2, 0) is 24.7 Å². The quantitative estimate of drug-likeness (QED) is 0.272. The predicted molar refractivity (Wildman–Crippen MR) is 131 cm³/mol. The number of nitrogens with zero attached hydrogens (tertiary/aromatic N) is 2. The molecule has 2 amide bonds. The molecule has 1 unspecified atom stereocenters. The summed E-state index contributed by atoms with van der Waals surface area (Å²) in [7, 11) is 1.48. The summed E-state index contributed by atoms with van der Waals surface area (Å²) < 4.78 is 10.8. The van der Waals surface area contributed by atoms with Crippen LogP contribution in [0.1, 0.15) is 23.6 Å². The predicted octanol–water partition coefficient (Wildman–Crippen LogP) is 3.15. The average molecular weight is 477 g/mol. The monoisotopic (exact) mass is 476 g/mol. The highest BCUT2D eigenvalue weighted by Crippen LogP contribution is 2.53. The maximum Gasteiger partial charge on any atom is 0.296 e. The Morgan fingerprint density at radius 3 is 2.57 bits per heavy atom. The topological polar surface area (TPSA) is 96.4 Å². The lowest BCUT2D eigenvalue weighted by atomic mass is 9.82. The lowest BCUT2D eigenvalue weighted by Crippen LogP contribution is -2.52. The fourth-order valence-corrected chi connectivity index (χ4v) is 4.91. The first-order valence-corrected chi connectivity index (χ1v) is 11.4. The van der Waals surface area contributed by atoms with Crippen LogP contribution in [0.4, 0.5) is 5.69 Å². The van der Waals surface area contributed by atoms with Crippen molar-refractivity contribution in [1.82, 2.24) is 4.90 Å². The van der Waals surface area contributed by atoms with Gasteiger partial charge in [-0.15, -0.1) is 0 Å². The number of ketones is 1. The van der Waals surface area contributed by atoms with Crippen LogP contribution in [0.25, 0.3) is 5.76 Å². The van der Waals surface area contributed by atoms with Crippen molar-refractivity contribution in [3.8, 4) is 5.75 Å². The first-order chi connectivity index (χ1) is 16.8. The molecule has 0 aromatic heterocycles. The van der Waals surface area contributed by atoms with E-state index >= 15 is 0 Å². The third-order valence-corrected chi connectivity index (χ3v) is 6.45. The molecule has 1 atom stereocenters. The Morgan fingerprint density at radius 2 is 1.91 bits per heavy atom. The van der Waals surface area contributed by atoms with Gasteiger partial charge in [0.2, 0.25) is 0 Å². The standard InChI is InChI=1S/C27H28N2O6/c1-5-14-35-21-12-11-18(16-17(21)3)23(30)22-24(31)25(32)29(13-15-34-4)27(22)19-9-7-8-10-20(19)28(6-2)26(27)33/h5,7-12,16,30H,1,6,13-15H2,2-4H3. The highest BCUT2D eigenvalue weighted by atomic mass is 16.5. The first kappa shape index (κ1) is 24.2. The molecule has 2 heterocycles. The maximum atomic E-state index is 14.0. The van der Waals surface area contributed by atoms with Gasteiger partial charge >= 0.3 is 0 Å². The van der Waals surface area contributed by atoms with E-state index in [-0.39, 0.29) is 18.7 Å². The van der Waals surface area contributed by atoms with Gasteiger partial charge in [-0.3, -0.25) is 14.4 Å². The number of fused-ring (bicyclic) bond motifs is 2. The van der Waals surface area contributed by atoms with E-state index in [1.54, 1.807) is 55.5 Å². The van der Waals surface area contributed by atoms with E-state index in [1.165, 1.54) is 16.9 Å². The zero-order chi connectivity index (χ0) is 25.3. The van der Waals surface area contributed by atoms with E-state index in [0.29, 0.717) is 41.3 Å². The smallest absolute Gasteiger partial charge is 0.296 e. The maximum absolute atomic E-state index is 14.0. The van der Waals surface area contributed by atoms with Crippen LogP contribution < -0.4 is 9.64 Å². The number of anilines is 1. The van der Waals surface area contributed by atoms with Crippen molar-refractivity contribution in [2.75, 3.05) is 38.3 Å². The number of hydrogen-bond donors (Lipinski definition) is 1. The minimum atomic E-state index is -1.78. The van der Waals surface area contributed by atoms with Crippen LogP contribution in [0.15, 0.2) is 60.7 Å². The number of likely N-dealkylation sites (tertiary alicyclic amines) is 1. The molecular weight excluding hydrogens is 448 g/mol. The minimum absolute atomic E-state index is 0.00282. The van der Waals surface area contributed by atoms with Crippen LogP contribution in [0.5, 0.6) is 5.75 Å². The van der Waals surface area contributed by atoms with Crippen molar-refractivity contribution in [2.45, 2.75) is 19.4 Å². The van der Waals surface area contributed by atoms with Gasteiger partial charge in [-0.05, 0) is 43.7 Å². The third kappa shape index (κ3) is 3.52. The van der Waals surface area contributed by atoms with Crippen molar-refractivity contribution >= 4 is 29.0 Å². The highest BCUT2D eigenvalue weighted by Gasteiger charge is 2.66. The van der Waals surface area contributed by atoms with E-state index in [4.69, 9.17) is 9.47 Å². The summed E-state index contributed by atoms with van der Waals surface area (Å²) in [5.41, 5.74) is 0.0664. The van der Waals surface area contributed by atoms with Crippen molar-refractivity contribution in [3.63, 3.8) is 0 Å². The summed E-state index contributed by atoms with van der Waals surface area (Å²) in [6.45, 7) is 8.03. The Balaban J connectivity index is 1.98. The largest absolute Gasteiger partial charge is 0.507 e. The van der Waals surface area contributed by atoms with Gasteiger partial charge in [-0.25, -0.2) is 0 Å². The normalized spacial score (nSPS) is 20.6. The number of aryl methyl sites for hydroxylation is 1. The molecule has 8 heteroatoms. The van der Waals surface area contributed by atoms with Crippen LogP contribution in [0, 0.1) is 6.92 Å². The van der Waals surface area contributed by atoms with Gasteiger partial charge in [0.25, 0.3) is 17.6 Å². The van der Waals surface area contributed by atoms with E-state index in [2.05, 4.69) is 6.58 Å². The number of likely N-dealkylation sites (N-methyl/N-ethyl adjacent to an activating group) is 1. The van der Waals surface area contributed by atoms with Gasteiger partial charge in [0, 0.05) is 31.3 Å². The summed E-state index contributed by atoms with van der Waals surface area (Å²) in [5, 5.41) is 11.5. The van der Waals surface area contributed by atoms with Gasteiger partial charge in [-0.1, -0.05) is 30.9 Å². The van der Waals surface area contributed by atoms with E-state index in [1.807, 2.05) is 6.92 Å². The Morgan fingerprint density at radius 1 is 1.17 bits per heavy atom. The van der Waals surface area contributed by atoms with Crippen LogP contribution in [-0.4, -0.2) is 61.0 Å². The molecule has 0 aliphatic carbocycles. The van der Waals surface area contributed by atoms with Gasteiger partial charge in [0.1, 0.15) is 18.1 Å². The zero-order valence-corrected chi connectivity index (χ0v) is 20.0.